The molecule has 0 radical (unpaired) electrons. The third-order valence-electron chi connectivity index (χ3n) is 3.91. The van der Waals surface area contributed by atoms with Crippen molar-refractivity contribution < 1.29 is 0 Å². The smallest absolute Gasteiger partial charge is 0.140 e. The summed E-state index contributed by atoms with van der Waals surface area (Å²) in [6.07, 6.45) is 4.74. The van der Waals surface area contributed by atoms with Crippen molar-refractivity contribution in [2.24, 2.45) is 0 Å². The average Bonchev–Trinajstić information content (AvgIpc) is 2.85. The molecule has 4 heteroatoms. The van der Waals surface area contributed by atoms with E-state index in [2.05, 4.69) is 50.1 Å². The van der Waals surface area contributed by atoms with Crippen molar-refractivity contribution in [1.82, 2.24) is 14.9 Å². The van der Waals surface area contributed by atoms with Crippen LogP contribution in [0.15, 0.2) is 28.7 Å². The number of benzene rings is 1. The number of rotatable bonds is 4. The molecule has 3 nitrogen and oxygen atoms in total. The molecule has 0 fully saturated rings. The summed E-state index contributed by atoms with van der Waals surface area (Å²) in [6, 6.07) is 8.48. The van der Waals surface area contributed by atoms with E-state index >= 15 is 0 Å². The largest absolute Gasteiger partial charge is 0.328 e. The Hall–Kier alpha value is -1.13. The third kappa shape index (κ3) is 2.67. The van der Waals surface area contributed by atoms with Gasteiger partial charge in [0.2, 0.25) is 0 Å². The molecule has 1 aromatic heterocycles. The van der Waals surface area contributed by atoms with Crippen LogP contribution in [0.25, 0.3) is 11.4 Å². The molecule has 1 N–H and O–H groups in total. The molecular weight excluding hydrogens is 314 g/mol. The molecule has 0 aliphatic carbocycles. The molecule has 1 aliphatic heterocycles. The standard InChI is InChI=1S/C16H20BrN3/c1-18-10-9-14-15-4-2-3-11-20(15)16(19-14)12-5-7-13(17)8-6-12/h5-8,18H,2-4,9-11H2,1H3. The second kappa shape index (κ2) is 6.10. The molecule has 20 heavy (non-hydrogen) atoms. The lowest BCUT2D eigenvalue weighted by Crippen LogP contribution is -2.15. The zero-order valence-corrected chi connectivity index (χ0v) is 13.4. The first kappa shape index (κ1) is 13.8. The first-order chi connectivity index (χ1) is 9.79. The van der Waals surface area contributed by atoms with Crippen LogP contribution in [0.2, 0.25) is 0 Å². The van der Waals surface area contributed by atoms with Crippen molar-refractivity contribution in [1.29, 1.82) is 0 Å². The predicted octanol–water partition coefficient (Wildman–Crippen LogP) is 3.41. The Labute approximate surface area is 128 Å². The summed E-state index contributed by atoms with van der Waals surface area (Å²) in [6.45, 7) is 2.09. The summed E-state index contributed by atoms with van der Waals surface area (Å²) in [5.74, 6) is 1.14. The van der Waals surface area contributed by atoms with E-state index in [0.29, 0.717) is 0 Å². The second-order valence-electron chi connectivity index (χ2n) is 5.30. The van der Waals surface area contributed by atoms with Crippen molar-refractivity contribution in [3.05, 3.63) is 40.1 Å². The number of aromatic nitrogens is 2. The highest BCUT2D eigenvalue weighted by Gasteiger charge is 2.20. The maximum atomic E-state index is 4.94. The van der Waals surface area contributed by atoms with Crippen LogP contribution in [0.4, 0.5) is 0 Å². The van der Waals surface area contributed by atoms with Crippen LogP contribution in [0, 0.1) is 0 Å². The van der Waals surface area contributed by atoms with Gasteiger partial charge in [0.1, 0.15) is 5.82 Å². The zero-order chi connectivity index (χ0) is 13.9. The van der Waals surface area contributed by atoms with Gasteiger partial charge in [-0.2, -0.15) is 0 Å². The van der Waals surface area contributed by atoms with E-state index in [1.807, 2.05) is 7.05 Å². The molecule has 0 saturated heterocycles. The Morgan fingerprint density at radius 3 is 2.80 bits per heavy atom. The van der Waals surface area contributed by atoms with Gasteiger partial charge in [-0.15, -0.1) is 0 Å². The number of imidazole rings is 1. The van der Waals surface area contributed by atoms with Gasteiger partial charge in [-0.05, 0) is 38.4 Å². The van der Waals surface area contributed by atoms with Crippen LogP contribution < -0.4 is 5.32 Å². The van der Waals surface area contributed by atoms with Crippen LogP contribution in [0.5, 0.6) is 0 Å². The van der Waals surface area contributed by atoms with Gasteiger partial charge < -0.3 is 9.88 Å². The van der Waals surface area contributed by atoms with Crippen LogP contribution in [-0.2, 0) is 19.4 Å². The highest BCUT2D eigenvalue weighted by molar-refractivity contribution is 9.10. The molecule has 3 rings (SSSR count). The monoisotopic (exact) mass is 333 g/mol. The zero-order valence-electron chi connectivity index (χ0n) is 11.8. The molecule has 0 bridgehead atoms. The first-order valence-electron chi connectivity index (χ1n) is 7.28. The molecule has 0 spiro atoms. The minimum atomic E-state index is 0.990. The van der Waals surface area contributed by atoms with E-state index in [-0.39, 0.29) is 0 Å². The highest BCUT2D eigenvalue weighted by atomic mass is 79.9. The molecule has 106 valence electrons. The Kier molecular flexibility index (Phi) is 4.22. The number of hydrogen-bond donors (Lipinski definition) is 1. The van der Waals surface area contributed by atoms with E-state index in [4.69, 9.17) is 4.98 Å². The maximum absolute atomic E-state index is 4.94. The summed E-state index contributed by atoms with van der Waals surface area (Å²) in [5, 5.41) is 3.22. The minimum Gasteiger partial charge on any atom is -0.328 e. The Bertz CT molecular complexity index is 587. The molecule has 0 unspecified atom stereocenters. The van der Waals surface area contributed by atoms with Crippen molar-refractivity contribution in [2.75, 3.05) is 13.6 Å². The topological polar surface area (TPSA) is 29.9 Å². The third-order valence-corrected chi connectivity index (χ3v) is 4.44. The lowest BCUT2D eigenvalue weighted by molar-refractivity contribution is 0.532. The van der Waals surface area contributed by atoms with Gasteiger partial charge in [0.05, 0.1) is 5.69 Å². The molecular formula is C16H20BrN3. The van der Waals surface area contributed by atoms with E-state index in [1.54, 1.807) is 0 Å². The van der Waals surface area contributed by atoms with Crippen LogP contribution >= 0.6 is 15.9 Å². The molecule has 2 aromatic rings. The lowest BCUT2D eigenvalue weighted by Gasteiger charge is -2.17. The average molecular weight is 334 g/mol. The molecule has 1 aromatic carbocycles. The van der Waals surface area contributed by atoms with E-state index in [0.717, 1.165) is 29.8 Å². The van der Waals surface area contributed by atoms with Crippen LogP contribution in [0.1, 0.15) is 24.2 Å². The fourth-order valence-electron chi connectivity index (χ4n) is 2.88. The summed E-state index contributed by atoms with van der Waals surface area (Å²) in [7, 11) is 2.00. The van der Waals surface area contributed by atoms with Crippen molar-refractivity contribution in [3.8, 4) is 11.4 Å². The molecule has 0 amide bonds. The number of nitrogens with zero attached hydrogens (tertiary/aromatic N) is 2. The van der Waals surface area contributed by atoms with E-state index < -0.39 is 0 Å². The number of fused-ring (bicyclic) bond motifs is 1. The molecule has 0 saturated carbocycles. The van der Waals surface area contributed by atoms with Crippen molar-refractivity contribution >= 4 is 15.9 Å². The summed E-state index contributed by atoms with van der Waals surface area (Å²) in [4.78, 5) is 4.94. The SMILES string of the molecule is CNCCc1nc(-c2ccc(Br)cc2)n2c1CCCC2. The Balaban J connectivity index is 2.01. The molecule has 0 atom stereocenters. The second-order valence-corrected chi connectivity index (χ2v) is 6.21. The predicted molar refractivity (Wildman–Crippen MR) is 85.9 cm³/mol. The number of halogens is 1. The van der Waals surface area contributed by atoms with E-state index in [9.17, 15) is 0 Å². The normalized spacial score (nSPS) is 14.3. The summed E-state index contributed by atoms with van der Waals surface area (Å²) >= 11 is 3.50. The Morgan fingerprint density at radius 2 is 2.05 bits per heavy atom. The number of hydrogen-bond acceptors (Lipinski definition) is 2. The van der Waals surface area contributed by atoms with Gasteiger partial charge in [-0.3, -0.25) is 0 Å². The fraction of sp³-hybridized carbons (Fsp3) is 0.438. The van der Waals surface area contributed by atoms with Gasteiger partial charge >= 0.3 is 0 Å². The van der Waals surface area contributed by atoms with Gasteiger partial charge in [-0.1, -0.05) is 28.1 Å². The lowest BCUT2D eigenvalue weighted by atomic mass is 10.1. The van der Waals surface area contributed by atoms with Crippen LogP contribution in [0.3, 0.4) is 0 Å². The van der Waals surface area contributed by atoms with Crippen molar-refractivity contribution in [2.45, 2.75) is 32.2 Å². The van der Waals surface area contributed by atoms with Gasteiger partial charge in [0, 0.05) is 35.2 Å². The fourth-order valence-corrected chi connectivity index (χ4v) is 3.15. The number of nitrogens with one attached hydrogen (secondary N) is 1. The highest BCUT2D eigenvalue weighted by Crippen LogP contribution is 2.28. The quantitative estimate of drug-likeness (QED) is 0.929. The van der Waals surface area contributed by atoms with Gasteiger partial charge in [0.25, 0.3) is 0 Å². The van der Waals surface area contributed by atoms with Crippen LogP contribution in [-0.4, -0.2) is 23.1 Å². The Morgan fingerprint density at radius 1 is 1.25 bits per heavy atom. The molecule has 2 heterocycles. The summed E-state index contributed by atoms with van der Waals surface area (Å²) in [5.41, 5.74) is 3.94. The number of likely N-dealkylation sites (N-methyl/N-ethyl adjacent to an activating group) is 1. The van der Waals surface area contributed by atoms with Gasteiger partial charge in [0.15, 0.2) is 0 Å². The molecule has 1 aliphatic rings. The van der Waals surface area contributed by atoms with E-state index in [1.165, 1.54) is 36.2 Å². The summed E-state index contributed by atoms with van der Waals surface area (Å²) < 4.78 is 3.54. The first-order valence-corrected chi connectivity index (χ1v) is 8.07. The maximum Gasteiger partial charge on any atom is 0.140 e. The van der Waals surface area contributed by atoms with Crippen molar-refractivity contribution in [3.63, 3.8) is 0 Å². The minimum absolute atomic E-state index is 0.990. The van der Waals surface area contributed by atoms with Gasteiger partial charge in [-0.25, -0.2) is 4.98 Å².